The summed E-state index contributed by atoms with van der Waals surface area (Å²) in [5.41, 5.74) is 5.06. The van der Waals surface area contributed by atoms with Gasteiger partial charge >= 0.3 is 0 Å². The molecular weight excluding hydrogens is 326 g/mol. The van der Waals surface area contributed by atoms with Crippen molar-refractivity contribution in [3.05, 3.63) is 71.1 Å². The van der Waals surface area contributed by atoms with Crippen molar-refractivity contribution in [3.8, 4) is 0 Å². The summed E-state index contributed by atoms with van der Waals surface area (Å²) >= 11 is 1.78. The van der Waals surface area contributed by atoms with Gasteiger partial charge in [-0.1, -0.05) is 42.5 Å². The molecule has 4 heteroatoms. The van der Waals surface area contributed by atoms with Crippen molar-refractivity contribution in [2.75, 3.05) is 30.9 Å². The fraction of sp³-hybridized carbons (Fsp3) is 0.333. The second kappa shape index (κ2) is 9.54. The van der Waals surface area contributed by atoms with E-state index in [4.69, 9.17) is 0 Å². The van der Waals surface area contributed by atoms with Crippen LogP contribution in [0.15, 0.2) is 60.0 Å². The highest BCUT2D eigenvalue weighted by atomic mass is 32.2. The summed E-state index contributed by atoms with van der Waals surface area (Å²) in [7, 11) is 1.98. The molecule has 2 aromatic carbocycles. The monoisotopic (exact) mass is 353 g/mol. The second-order valence-corrected chi connectivity index (χ2v) is 7.10. The molecule has 0 saturated carbocycles. The summed E-state index contributed by atoms with van der Waals surface area (Å²) in [6.45, 7) is 3.29. The molecule has 1 fully saturated rings. The SMILES string of the molecule is CN/C(=C\SCNCc1ccccc1)c1ccc(N2CCCC2)cc1. The quantitative estimate of drug-likeness (QED) is 0.547. The summed E-state index contributed by atoms with van der Waals surface area (Å²) in [4.78, 5) is 2.47. The number of nitrogens with zero attached hydrogens (tertiary/aromatic N) is 1. The Morgan fingerprint density at radius 2 is 1.76 bits per heavy atom. The Labute approximate surface area is 155 Å². The van der Waals surface area contributed by atoms with Gasteiger partial charge in [-0.15, -0.1) is 11.8 Å². The van der Waals surface area contributed by atoms with Crippen LogP contribution in [0.2, 0.25) is 0 Å². The maximum Gasteiger partial charge on any atom is 0.0475 e. The standard InChI is InChI=1S/C21H27N3S/c1-22-21(16-25-17-23-15-18-7-3-2-4-8-18)19-9-11-20(12-10-19)24-13-5-6-14-24/h2-4,7-12,16,22-23H,5-6,13-15,17H2,1H3/b21-16-. The molecule has 1 aliphatic heterocycles. The molecule has 3 nitrogen and oxygen atoms in total. The zero-order valence-electron chi connectivity index (χ0n) is 14.9. The molecule has 0 bridgehead atoms. The average molecular weight is 354 g/mol. The van der Waals surface area contributed by atoms with Crippen molar-refractivity contribution in [1.29, 1.82) is 0 Å². The number of hydrogen-bond donors (Lipinski definition) is 2. The van der Waals surface area contributed by atoms with Crippen LogP contribution in [-0.2, 0) is 6.54 Å². The number of hydrogen-bond acceptors (Lipinski definition) is 4. The van der Waals surface area contributed by atoms with Crippen molar-refractivity contribution in [2.45, 2.75) is 19.4 Å². The van der Waals surface area contributed by atoms with Gasteiger partial charge in [-0.25, -0.2) is 0 Å². The van der Waals surface area contributed by atoms with Crippen LogP contribution in [0, 0.1) is 0 Å². The Hall–Kier alpha value is -1.91. The summed E-state index contributed by atoms with van der Waals surface area (Å²) in [6, 6.07) is 19.4. The fourth-order valence-electron chi connectivity index (χ4n) is 3.07. The molecule has 0 unspecified atom stereocenters. The molecule has 0 radical (unpaired) electrons. The Balaban J connectivity index is 1.49. The molecular formula is C21H27N3S. The summed E-state index contributed by atoms with van der Waals surface area (Å²) in [6.07, 6.45) is 2.63. The zero-order valence-corrected chi connectivity index (χ0v) is 15.7. The van der Waals surface area contributed by atoms with Crippen LogP contribution in [0.3, 0.4) is 0 Å². The molecule has 2 aromatic rings. The van der Waals surface area contributed by atoms with E-state index in [0.29, 0.717) is 0 Å². The number of nitrogens with one attached hydrogen (secondary N) is 2. The number of rotatable bonds is 8. The van der Waals surface area contributed by atoms with Gasteiger partial charge in [-0.05, 0) is 41.5 Å². The third-order valence-corrected chi connectivity index (χ3v) is 5.25. The summed E-state index contributed by atoms with van der Waals surface area (Å²) in [5.74, 6) is 0.895. The first-order valence-electron chi connectivity index (χ1n) is 8.96. The highest BCUT2D eigenvalue weighted by Crippen LogP contribution is 2.23. The molecule has 25 heavy (non-hydrogen) atoms. The molecule has 0 aliphatic carbocycles. The van der Waals surface area contributed by atoms with Crippen LogP contribution >= 0.6 is 11.8 Å². The predicted molar refractivity (Wildman–Crippen MR) is 111 cm³/mol. The van der Waals surface area contributed by atoms with Gasteiger partial charge in [0.15, 0.2) is 0 Å². The Bertz CT molecular complexity index is 661. The van der Waals surface area contributed by atoms with Crippen LogP contribution in [0.4, 0.5) is 5.69 Å². The van der Waals surface area contributed by atoms with Gasteiger partial charge in [-0.3, -0.25) is 0 Å². The maximum atomic E-state index is 3.46. The lowest BCUT2D eigenvalue weighted by Gasteiger charge is -2.18. The zero-order chi connectivity index (χ0) is 17.3. The van der Waals surface area contributed by atoms with E-state index in [1.807, 2.05) is 7.05 Å². The highest BCUT2D eigenvalue weighted by Gasteiger charge is 2.12. The topological polar surface area (TPSA) is 27.3 Å². The van der Waals surface area contributed by atoms with Crippen molar-refractivity contribution >= 4 is 23.1 Å². The fourth-order valence-corrected chi connectivity index (χ4v) is 3.80. The normalized spacial score (nSPS) is 14.8. The van der Waals surface area contributed by atoms with Gasteiger partial charge in [0.05, 0.1) is 0 Å². The largest absolute Gasteiger partial charge is 0.387 e. The molecule has 0 amide bonds. The highest BCUT2D eigenvalue weighted by molar-refractivity contribution is 8.02. The van der Waals surface area contributed by atoms with E-state index in [9.17, 15) is 0 Å². The van der Waals surface area contributed by atoms with Gasteiger partial charge in [0.2, 0.25) is 0 Å². The molecule has 3 rings (SSSR count). The van der Waals surface area contributed by atoms with Crippen LogP contribution in [0.25, 0.3) is 5.70 Å². The lowest BCUT2D eigenvalue weighted by molar-refractivity contribution is 0.797. The number of anilines is 1. The number of benzene rings is 2. The van der Waals surface area contributed by atoms with Crippen molar-refractivity contribution in [2.24, 2.45) is 0 Å². The molecule has 1 saturated heterocycles. The van der Waals surface area contributed by atoms with E-state index >= 15 is 0 Å². The molecule has 0 spiro atoms. The third kappa shape index (κ3) is 5.28. The smallest absolute Gasteiger partial charge is 0.0475 e. The van der Waals surface area contributed by atoms with Crippen molar-refractivity contribution < 1.29 is 0 Å². The van der Waals surface area contributed by atoms with Crippen LogP contribution in [0.5, 0.6) is 0 Å². The van der Waals surface area contributed by atoms with Gasteiger partial charge < -0.3 is 15.5 Å². The Morgan fingerprint density at radius 1 is 1.04 bits per heavy atom. The number of thioether (sulfide) groups is 1. The minimum absolute atomic E-state index is 0.895. The predicted octanol–water partition coefficient (Wildman–Crippen LogP) is 4.29. The van der Waals surface area contributed by atoms with Crippen LogP contribution in [-0.4, -0.2) is 26.0 Å². The lowest BCUT2D eigenvalue weighted by atomic mass is 10.1. The molecule has 1 heterocycles. The maximum absolute atomic E-state index is 3.46. The van der Waals surface area contributed by atoms with E-state index in [1.165, 1.54) is 48.4 Å². The van der Waals surface area contributed by atoms with Crippen LogP contribution in [0.1, 0.15) is 24.0 Å². The molecule has 2 N–H and O–H groups in total. The van der Waals surface area contributed by atoms with Crippen molar-refractivity contribution in [1.82, 2.24) is 10.6 Å². The molecule has 0 atom stereocenters. The van der Waals surface area contributed by atoms with Gasteiger partial charge in [0.1, 0.15) is 0 Å². The Kier molecular flexibility index (Phi) is 6.83. The first kappa shape index (κ1) is 17.9. The molecule has 0 aromatic heterocycles. The summed E-state index contributed by atoms with van der Waals surface area (Å²) in [5, 5.41) is 8.97. The van der Waals surface area contributed by atoms with E-state index in [0.717, 1.165) is 12.4 Å². The van der Waals surface area contributed by atoms with E-state index < -0.39 is 0 Å². The van der Waals surface area contributed by atoms with E-state index in [1.54, 1.807) is 11.8 Å². The van der Waals surface area contributed by atoms with E-state index in [2.05, 4.69) is 75.5 Å². The molecule has 132 valence electrons. The Morgan fingerprint density at radius 3 is 2.44 bits per heavy atom. The van der Waals surface area contributed by atoms with Gasteiger partial charge in [0, 0.05) is 43.9 Å². The van der Waals surface area contributed by atoms with Gasteiger partial charge in [-0.2, -0.15) is 0 Å². The minimum atomic E-state index is 0.895. The first-order chi connectivity index (χ1) is 12.4. The average Bonchev–Trinajstić information content (AvgIpc) is 3.21. The van der Waals surface area contributed by atoms with Crippen molar-refractivity contribution in [3.63, 3.8) is 0 Å². The first-order valence-corrected chi connectivity index (χ1v) is 10.0. The minimum Gasteiger partial charge on any atom is -0.387 e. The second-order valence-electron chi connectivity index (χ2n) is 6.25. The summed E-state index contributed by atoms with van der Waals surface area (Å²) < 4.78 is 0. The van der Waals surface area contributed by atoms with E-state index in [-0.39, 0.29) is 0 Å². The lowest BCUT2D eigenvalue weighted by Crippen LogP contribution is -2.17. The third-order valence-electron chi connectivity index (χ3n) is 4.48. The van der Waals surface area contributed by atoms with Gasteiger partial charge in [0.25, 0.3) is 0 Å². The molecule has 1 aliphatic rings. The van der Waals surface area contributed by atoms with Crippen LogP contribution < -0.4 is 15.5 Å².